The summed E-state index contributed by atoms with van der Waals surface area (Å²) < 4.78 is 0.947. The maximum absolute atomic E-state index is 12.4. The molecule has 0 saturated heterocycles. The zero-order valence-electron chi connectivity index (χ0n) is 10.6. The van der Waals surface area contributed by atoms with Crippen molar-refractivity contribution in [3.8, 4) is 0 Å². The predicted molar refractivity (Wildman–Crippen MR) is 83.5 cm³/mol. The lowest BCUT2D eigenvalue weighted by Crippen LogP contribution is -2.09. The van der Waals surface area contributed by atoms with Crippen LogP contribution in [0.1, 0.15) is 34.3 Å². The predicted octanol–water partition coefficient (Wildman–Crippen LogP) is 4.02. The van der Waals surface area contributed by atoms with Crippen LogP contribution in [0.4, 0.5) is 5.69 Å². The van der Waals surface area contributed by atoms with E-state index in [2.05, 4.69) is 21.2 Å². The summed E-state index contributed by atoms with van der Waals surface area (Å²) in [6.45, 7) is 0. The number of anilines is 1. The van der Waals surface area contributed by atoms with Crippen LogP contribution in [-0.2, 0) is 11.2 Å². The number of ketones is 1. The van der Waals surface area contributed by atoms with Crippen molar-refractivity contribution in [2.24, 2.45) is 0 Å². The lowest BCUT2D eigenvalue weighted by Gasteiger charge is -2.08. The fourth-order valence-electron chi connectivity index (χ4n) is 2.31. The van der Waals surface area contributed by atoms with Gasteiger partial charge in [0.05, 0.1) is 3.79 Å². The van der Waals surface area contributed by atoms with Crippen molar-refractivity contribution in [3.05, 3.63) is 50.1 Å². The molecule has 2 heterocycles. The van der Waals surface area contributed by atoms with Crippen LogP contribution in [0.15, 0.2) is 33.4 Å². The second-order valence-corrected chi connectivity index (χ2v) is 7.03. The number of carbonyl (C=O) groups is 2. The van der Waals surface area contributed by atoms with Gasteiger partial charge < -0.3 is 5.32 Å². The molecule has 3 rings (SSSR count). The van der Waals surface area contributed by atoms with Crippen LogP contribution in [0.2, 0.25) is 0 Å². The Kier molecular flexibility index (Phi) is 3.72. The molecule has 102 valence electrons. The Balaban J connectivity index is 1.94. The normalized spacial score (nSPS) is 14.3. The molecule has 2 aromatic rings. The van der Waals surface area contributed by atoms with Crippen LogP contribution in [0.3, 0.4) is 0 Å². The van der Waals surface area contributed by atoms with Crippen molar-refractivity contribution in [3.63, 3.8) is 0 Å². The van der Waals surface area contributed by atoms with E-state index in [1.807, 2.05) is 23.6 Å². The monoisotopic (exact) mass is 349 g/mol. The molecule has 20 heavy (non-hydrogen) atoms. The second-order valence-electron chi connectivity index (χ2n) is 4.74. The van der Waals surface area contributed by atoms with E-state index in [4.69, 9.17) is 0 Å². The highest BCUT2D eigenvalue weighted by molar-refractivity contribution is 9.11. The number of amides is 1. The van der Waals surface area contributed by atoms with Gasteiger partial charge in [-0.15, -0.1) is 11.3 Å². The molecule has 0 saturated carbocycles. The van der Waals surface area contributed by atoms with Gasteiger partial charge in [-0.2, -0.15) is 0 Å². The van der Waals surface area contributed by atoms with Crippen LogP contribution < -0.4 is 5.32 Å². The molecule has 0 bridgehead atoms. The fourth-order valence-corrected chi connectivity index (χ4v) is 3.45. The Morgan fingerprint density at radius 1 is 1.20 bits per heavy atom. The summed E-state index contributed by atoms with van der Waals surface area (Å²) in [6.07, 6.45) is 2.18. The quantitative estimate of drug-likeness (QED) is 0.832. The van der Waals surface area contributed by atoms with Crippen molar-refractivity contribution in [2.75, 3.05) is 5.32 Å². The molecule has 0 unspecified atom stereocenters. The lowest BCUT2D eigenvalue weighted by molar-refractivity contribution is -0.116. The van der Waals surface area contributed by atoms with E-state index in [9.17, 15) is 9.59 Å². The van der Waals surface area contributed by atoms with Gasteiger partial charge >= 0.3 is 0 Å². The first kappa shape index (κ1) is 13.5. The van der Waals surface area contributed by atoms with Gasteiger partial charge in [-0.3, -0.25) is 9.59 Å². The Labute approximate surface area is 129 Å². The molecule has 5 heteroatoms. The largest absolute Gasteiger partial charge is 0.326 e. The van der Waals surface area contributed by atoms with E-state index in [1.165, 1.54) is 11.3 Å². The number of aryl methyl sites for hydroxylation is 1. The van der Waals surface area contributed by atoms with Gasteiger partial charge in [0, 0.05) is 28.6 Å². The molecular formula is C15H12BrNO2S. The third-order valence-corrected chi connectivity index (χ3v) is 4.83. The van der Waals surface area contributed by atoms with Gasteiger partial charge in [0.15, 0.2) is 5.78 Å². The minimum Gasteiger partial charge on any atom is -0.326 e. The summed E-state index contributed by atoms with van der Waals surface area (Å²) in [5.41, 5.74) is 3.23. The minimum absolute atomic E-state index is 0.0188. The van der Waals surface area contributed by atoms with Crippen LogP contribution in [-0.4, -0.2) is 11.7 Å². The summed E-state index contributed by atoms with van der Waals surface area (Å²) in [5.74, 6) is 0.0647. The SMILES string of the molecule is O=C1CCCc2cc(C(=O)c3csc(Br)c3)ccc2N1. The average Bonchev–Trinajstić information content (AvgIpc) is 2.77. The smallest absolute Gasteiger partial charge is 0.224 e. The highest BCUT2D eigenvalue weighted by atomic mass is 79.9. The van der Waals surface area contributed by atoms with Crippen molar-refractivity contribution in [1.82, 2.24) is 0 Å². The molecule has 3 nitrogen and oxygen atoms in total. The van der Waals surface area contributed by atoms with E-state index in [1.54, 1.807) is 6.07 Å². The molecule has 1 amide bonds. The van der Waals surface area contributed by atoms with Crippen molar-refractivity contribution >= 4 is 44.6 Å². The average molecular weight is 350 g/mol. The molecule has 0 radical (unpaired) electrons. The van der Waals surface area contributed by atoms with Gasteiger partial charge in [0.2, 0.25) is 5.91 Å². The number of hydrogen-bond donors (Lipinski definition) is 1. The standard InChI is InChI=1S/C15H12BrNO2S/c16-13-7-11(8-20-13)15(19)10-4-5-12-9(6-10)2-1-3-14(18)17-12/h4-8H,1-3H2,(H,17,18). The summed E-state index contributed by atoms with van der Waals surface area (Å²) in [6, 6.07) is 7.33. The van der Waals surface area contributed by atoms with Crippen LogP contribution >= 0.6 is 27.3 Å². The van der Waals surface area contributed by atoms with Gasteiger partial charge in [0.25, 0.3) is 0 Å². The van der Waals surface area contributed by atoms with Crippen LogP contribution in [0.5, 0.6) is 0 Å². The minimum atomic E-state index is 0.0188. The molecule has 1 aromatic carbocycles. The molecule has 0 fully saturated rings. The van der Waals surface area contributed by atoms with Gasteiger partial charge in [0.1, 0.15) is 0 Å². The number of thiophene rings is 1. The van der Waals surface area contributed by atoms with E-state index in [0.717, 1.165) is 27.9 Å². The van der Waals surface area contributed by atoms with Crippen molar-refractivity contribution in [2.45, 2.75) is 19.3 Å². The third-order valence-electron chi connectivity index (χ3n) is 3.32. The number of nitrogens with one attached hydrogen (secondary N) is 1. The third kappa shape index (κ3) is 2.69. The maximum atomic E-state index is 12.4. The first-order chi connectivity index (χ1) is 9.63. The van der Waals surface area contributed by atoms with Crippen molar-refractivity contribution in [1.29, 1.82) is 0 Å². The number of carbonyl (C=O) groups excluding carboxylic acids is 2. The van der Waals surface area contributed by atoms with Crippen LogP contribution in [0.25, 0.3) is 0 Å². The highest BCUT2D eigenvalue weighted by Gasteiger charge is 2.16. The molecule has 1 aromatic heterocycles. The van der Waals surface area contributed by atoms with E-state index in [-0.39, 0.29) is 11.7 Å². The second kappa shape index (κ2) is 5.50. The number of hydrogen-bond acceptors (Lipinski definition) is 3. The molecule has 1 aliphatic rings. The maximum Gasteiger partial charge on any atom is 0.224 e. The highest BCUT2D eigenvalue weighted by Crippen LogP contribution is 2.26. The number of rotatable bonds is 2. The fraction of sp³-hybridized carbons (Fsp3) is 0.200. The summed E-state index contributed by atoms with van der Waals surface area (Å²) in [5, 5.41) is 4.72. The lowest BCUT2D eigenvalue weighted by atomic mass is 10.00. The van der Waals surface area contributed by atoms with Gasteiger partial charge in [-0.05, 0) is 58.6 Å². The van der Waals surface area contributed by atoms with Gasteiger partial charge in [-0.1, -0.05) is 0 Å². The van der Waals surface area contributed by atoms with Crippen LogP contribution in [0, 0.1) is 0 Å². The summed E-state index contributed by atoms with van der Waals surface area (Å²) in [7, 11) is 0. The van der Waals surface area contributed by atoms with E-state index >= 15 is 0 Å². The summed E-state index contributed by atoms with van der Waals surface area (Å²) >= 11 is 4.87. The zero-order chi connectivity index (χ0) is 14.1. The molecule has 0 spiro atoms. The number of halogens is 1. The molecule has 1 aliphatic heterocycles. The molecular weight excluding hydrogens is 338 g/mol. The van der Waals surface area contributed by atoms with Crippen molar-refractivity contribution < 1.29 is 9.59 Å². The van der Waals surface area contributed by atoms with E-state index < -0.39 is 0 Å². The first-order valence-electron chi connectivity index (χ1n) is 6.35. The molecule has 0 aliphatic carbocycles. The molecule has 1 N–H and O–H groups in total. The van der Waals surface area contributed by atoms with Gasteiger partial charge in [-0.25, -0.2) is 0 Å². The number of benzene rings is 1. The van der Waals surface area contributed by atoms with E-state index in [0.29, 0.717) is 17.5 Å². The first-order valence-corrected chi connectivity index (χ1v) is 8.02. The Hall–Kier alpha value is -1.46. The number of fused-ring (bicyclic) bond motifs is 1. The summed E-state index contributed by atoms with van der Waals surface area (Å²) in [4.78, 5) is 23.9. The Bertz CT molecular complexity index is 693. The molecule has 0 atom stereocenters. The zero-order valence-corrected chi connectivity index (χ0v) is 13.0. The Morgan fingerprint density at radius 3 is 2.80 bits per heavy atom. The topological polar surface area (TPSA) is 46.2 Å². The Morgan fingerprint density at radius 2 is 2.05 bits per heavy atom.